The summed E-state index contributed by atoms with van der Waals surface area (Å²) in [4.78, 5) is 24.3. The summed E-state index contributed by atoms with van der Waals surface area (Å²) in [6.07, 6.45) is 1.96. The van der Waals surface area contributed by atoms with Crippen LogP contribution < -0.4 is 10.1 Å². The van der Waals surface area contributed by atoms with Crippen LogP contribution >= 0.6 is 11.8 Å². The summed E-state index contributed by atoms with van der Waals surface area (Å²) in [5.41, 5.74) is 5.27. The molecule has 1 aromatic heterocycles. The second kappa shape index (κ2) is 11.5. The predicted molar refractivity (Wildman–Crippen MR) is 140 cm³/mol. The summed E-state index contributed by atoms with van der Waals surface area (Å²) in [6, 6.07) is 25.2. The van der Waals surface area contributed by atoms with E-state index < -0.39 is 0 Å². The molecule has 0 saturated heterocycles. The van der Waals surface area contributed by atoms with Crippen molar-refractivity contribution in [3.63, 3.8) is 0 Å². The topological polar surface area (TPSA) is 73.2 Å². The summed E-state index contributed by atoms with van der Waals surface area (Å²) < 4.78 is 7.24. The van der Waals surface area contributed by atoms with Crippen LogP contribution in [0, 0.1) is 0 Å². The SMILES string of the molecule is COc1ccc(C(C)=O)cc1CSCC(=O)NCc1cn(-c2ccccc2)nc1-c1ccccc1. The largest absolute Gasteiger partial charge is 0.496 e. The average Bonchev–Trinajstić information content (AvgIpc) is 3.33. The number of hydrogen-bond acceptors (Lipinski definition) is 5. The van der Waals surface area contributed by atoms with Gasteiger partial charge < -0.3 is 10.1 Å². The third-order valence-electron chi connectivity index (χ3n) is 5.51. The fourth-order valence-electron chi connectivity index (χ4n) is 3.70. The molecule has 1 N–H and O–H groups in total. The smallest absolute Gasteiger partial charge is 0.230 e. The highest BCUT2D eigenvalue weighted by Gasteiger charge is 2.14. The third kappa shape index (κ3) is 6.19. The van der Waals surface area contributed by atoms with Crippen molar-refractivity contribution >= 4 is 23.5 Å². The van der Waals surface area contributed by atoms with Crippen molar-refractivity contribution in [2.45, 2.75) is 19.2 Å². The molecule has 178 valence electrons. The molecule has 7 heteroatoms. The number of carbonyl (C=O) groups excluding carboxylic acids is 2. The van der Waals surface area contributed by atoms with Gasteiger partial charge in [0.05, 0.1) is 24.2 Å². The fourth-order valence-corrected chi connectivity index (χ4v) is 4.54. The highest BCUT2D eigenvalue weighted by molar-refractivity contribution is 7.99. The quantitative estimate of drug-likeness (QED) is 0.309. The number of para-hydroxylation sites is 1. The number of hydrogen-bond donors (Lipinski definition) is 1. The highest BCUT2D eigenvalue weighted by Crippen LogP contribution is 2.26. The number of nitrogens with one attached hydrogen (secondary N) is 1. The van der Waals surface area contributed by atoms with Gasteiger partial charge in [0, 0.05) is 40.7 Å². The first-order valence-electron chi connectivity index (χ1n) is 11.3. The van der Waals surface area contributed by atoms with Gasteiger partial charge in [-0.1, -0.05) is 48.5 Å². The minimum Gasteiger partial charge on any atom is -0.496 e. The van der Waals surface area contributed by atoms with Gasteiger partial charge in [0.25, 0.3) is 0 Å². The first-order chi connectivity index (χ1) is 17.0. The lowest BCUT2D eigenvalue weighted by Crippen LogP contribution is -2.24. The average molecular weight is 486 g/mol. The number of aromatic nitrogens is 2. The van der Waals surface area contributed by atoms with E-state index in [1.807, 2.05) is 77.6 Å². The van der Waals surface area contributed by atoms with Crippen LogP contribution in [0.4, 0.5) is 0 Å². The van der Waals surface area contributed by atoms with Crippen LogP contribution in [0.2, 0.25) is 0 Å². The summed E-state index contributed by atoms with van der Waals surface area (Å²) >= 11 is 1.48. The zero-order chi connectivity index (χ0) is 24.6. The van der Waals surface area contributed by atoms with Crippen LogP contribution in [-0.2, 0) is 17.1 Å². The van der Waals surface area contributed by atoms with Crippen LogP contribution in [0.1, 0.15) is 28.4 Å². The van der Waals surface area contributed by atoms with E-state index >= 15 is 0 Å². The molecule has 0 saturated carbocycles. The third-order valence-corrected chi connectivity index (χ3v) is 6.49. The van der Waals surface area contributed by atoms with E-state index in [9.17, 15) is 9.59 Å². The Morgan fingerprint density at radius 3 is 2.37 bits per heavy atom. The van der Waals surface area contributed by atoms with Gasteiger partial charge in [0.1, 0.15) is 5.75 Å². The van der Waals surface area contributed by atoms with Crippen LogP contribution in [0.25, 0.3) is 16.9 Å². The molecule has 1 heterocycles. The molecule has 0 fully saturated rings. The Hall–Kier alpha value is -3.84. The van der Waals surface area contributed by atoms with Gasteiger partial charge in [-0.05, 0) is 37.3 Å². The number of amides is 1. The fraction of sp³-hybridized carbons (Fsp3) is 0.179. The zero-order valence-corrected chi connectivity index (χ0v) is 20.5. The normalized spacial score (nSPS) is 10.7. The number of Topliss-reactive ketones (excluding diaryl/α,β-unsaturated/α-hetero) is 1. The maximum atomic E-state index is 12.6. The molecule has 0 aliphatic carbocycles. The molecule has 4 rings (SSSR count). The Morgan fingerprint density at radius 2 is 1.69 bits per heavy atom. The maximum Gasteiger partial charge on any atom is 0.230 e. The molecule has 4 aromatic rings. The molecule has 0 spiro atoms. The van der Waals surface area contributed by atoms with Gasteiger partial charge in [0.2, 0.25) is 5.91 Å². The summed E-state index contributed by atoms with van der Waals surface area (Å²) in [7, 11) is 1.60. The van der Waals surface area contributed by atoms with Crippen molar-refractivity contribution in [1.29, 1.82) is 0 Å². The van der Waals surface area contributed by atoms with E-state index in [0.29, 0.717) is 29.4 Å². The molecule has 0 bridgehead atoms. The van der Waals surface area contributed by atoms with Crippen molar-refractivity contribution in [2.75, 3.05) is 12.9 Å². The van der Waals surface area contributed by atoms with Crippen molar-refractivity contribution < 1.29 is 14.3 Å². The number of ether oxygens (including phenoxy) is 1. The van der Waals surface area contributed by atoms with Crippen molar-refractivity contribution in [3.8, 4) is 22.7 Å². The molecule has 0 unspecified atom stereocenters. The van der Waals surface area contributed by atoms with Gasteiger partial charge in [-0.3, -0.25) is 9.59 Å². The Labute approximate surface area is 209 Å². The van der Waals surface area contributed by atoms with Gasteiger partial charge in [0.15, 0.2) is 5.78 Å². The van der Waals surface area contributed by atoms with E-state index in [1.54, 1.807) is 19.2 Å². The summed E-state index contributed by atoms with van der Waals surface area (Å²) in [5.74, 6) is 1.51. The molecular weight excluding hydrogens is 458 g/mol. The molecule has 35 heavy (non-hydrogen) atoms. The summed E-state index contributed by atoms with van der Waals surface area (Å²) in [5, 5.41) is 7.81. The standard InChI is InChI=1S/C28H27N3O3S/c1-20(32)22-13-14-26(34-2)23(15-22)18-35-19-27(33)29-16-24-17-31(25-11-7-4-8-12-25)30-28(24)21-9-5-3-6-10-21/h3-15,17H,16,18-19H2,1-2H3,(H,29,33). The Kier molecular flexibility index (Phi) is 8.00. The van der Waals surface area contributed by atoms with Gasteiger partial charge >= 0.3 is 0 Å². The first-order valence-corrected chi connectivity index (χ1v) is 12.4. The molecule has 0 aliphatic heterocycles. The van der Waals surface area contributed by atoms with E-state index in [-0.39, 0.29) is 11.7 Å². The molecule has 3 aromatic carbocycles. The van der Waals surface area contributed by atoms with E-state index in [4.69, 9.17) is 9.84 Å². The van der Waals surface area contributed by atoms with E-state index in [1.165, 1.54) is 18.7 Å². The molecule has 0 aliphatic rings. The highest BCUT2D eigenvalue weighted by atomic mass is 32.2. The monoisotopic (exact) mass is 485 g/mol. The Bertz CT molecular complexity index is 1300. The lowest BCUT2D eigenvalue weighted by Gasteiger charge is -2.10. The van der Waals surface area contributed by atoms with E-state index in [2.05, 4.69) is 5.32 Å². The lowest BCUT2D eigenvalue weighted by atomic mass is 10.1. The molecular formula is C28H27N3O3S. The minimum absolute atomic E-state index is 0.00177. The minimum atomic E-state index is -0.0665. The maximum absolute atomic E-state index is 12.6. The number of carbonyl (C=O) groups is 2. The summed E-state index contributed by atoms with van der Waals surface area (Å²) in [6.45, 7) is 1.91. The van der Waals surface area contributed by atoms with Gasteiger partial charge in [-0.15, -0.1) is 11.8 Å². The van der Waals surface area contributed by atoms with Crippen molar-refractivity contribution in [3.05, 3.63) is 102 Å². The molecule has 6 nitrogen and oxygen atoms in total. The van der Waals surface area contributed by atoms with Gasteiger partial charge in [-0.25, -0.2) is 4.68 Å². The van der Waals surface area contributed by atoms with Gasteiger partial charge in [-0.2, -0.15) is 5.10 Å². The van der Waals surface area contributed by atoms with Crippen LogP contribution in [-0.4, -0.2) is 34.3 Å². The number of benzene rings is 3. The first kappa shape index (κ1) is 24.3. The number of nitrogens with zero attached hydrogens (tertiary/aromatic N) is 2. The molecule has 1 amide bonds. The predicted octanol–water partition coefficient (Wildman–Crippen LogP) is 5.30. The van der Waals surface area contributed by atoms with Crippen LogP contribution in [0.5, 0.6) is 5.75 Å². The Morgan fingerprint density at radius 1 is 0.971 bits per heavy atom. The number of methoxy groups -OCH3 is 1. The number of thioether (sulfide) groups is 1. The lowest BCUT2D eigenvalue weighted by molar-refractivity contribution is -0.118. The van der Waals surface area contributed by atoms with Crippen molar-refractivity contribution in [1.82, 2.24) is 15.1 Å². The van der Waals surface area contributed by atoms with Crippen molar-refractivity contribution in [2.24, 2.45) is 0 Å². The molecule has 0 atom stereocenters. The zero-order valence-electron chi connectivity index (χ0n) is 19.7. The second-order valence-corrected chi connectivity index (χ2v) is 8.99. The van der Waals surface area contributed by atoms with E-state index in [0.717, 1.165) is 28.1 Å². The van der Waals surface area contributed by atoms with Crippen LogP contribution in [0.15, 0.2) is 85.1 Å². The Balaban J connectivity index is 1.41. The molecule has 0 radical (unpaired) electrons. The number of ketones is 1. The second-order valence-electron chi connectivity index (χ2n) is 8.00. The number of rotatable bonds is 10. The van der Waals surface area contributed by atoms with Crippen LogP contribution in [0.3, 0.4) is 0 Å².